The molecular formula is C27H50ClN7O. The molecule has 3 saturated heterocycles. The van der Waals surface area contributed by atoms with Gasteiger partial charge in [-0.25, -0.2) is 5.01 Å². The lowest BCUT2D eigenvalue weighted by molar-refractivity contribution is -0.126. The number of nitrogens with zero attached hydrogens (tertiary/aromatic N) is 1. The van der Waals surface area contributed by atoms with E-state index in [2.05, 4.69) is 50.9 Å². The van der Waals surface area contributed by atoms with Crippen LogP contribution < -0.4 is 32.0 Å². The maximum Gasteiger partial charge on any atom is 0.226 e. The molecule has 10 unspecified atom stereocenters. The van der Waals surface area contributed by atoms with E-state index in [0.717, 1.165) is 64.2 Å². The molecule has 0 aromatic rings. The van der Waals surface area contributed by atoms with Crippen molar-refractivity contribution in [3.05, 3.63) is 0 Å². The molecule has 0 aromatic heterocycles. The van der Waals surface area contributed by atoms with Gasteiger partial charge in [0.15, 0.2) is 0 Å². The summed E-state index contributed by atoms with van der Waals surface area (Å²) in [5.41, 5.74) is 3.55. The maximum atomic E-state index is 13.4. The van der Waals surface area contributed by atoms with Gasteiger partial charge in [0, 0.05) is 42.1 Å². The molecule has 0 radical (unpaired) electrons. The summed E-state index contributed by atoms with van der Waals surface area (Å²) in [6, 6.07) is 1.87. The minimum absolute atomic E-state index is 0.00185. The molecule has 36 heavy (non-hydrogen) atoms. The summed E-state index contributed by atoms with van der Waals surface area (Å²) in [7, 11) is 0. The molecule has 9 heteroatoms. The third-order valence-corrected chi connectivity index (χ3v) is 10.2. The molecule has 0 bridgehead atoms. The minimum atomic E-state index is -0.00185. The Morgan fingerprint density at radius 1 is 0.972 bits per heavy atom. The number of hydrogen-bond acceptors (Lipinski definition) is 7. The topological polar surface area (TPSA) is 92.5 Å². The number of rotatable bonds is 6. The number of carbonyl (C=O) groups is 1. The fraction of sp³-hybridized carbons (Fsp3) is 0.963. The van der Waals surface area contributed by atoms with Crippen LogP contribution in [0.2, 0.25) is 0 Å². The van der Waals surface area contributed by atoms with Crippen molar-refractivity contribution in [2.75, 3.05) is 26.2 Å². The predicted octanol–water partition coefficient (Wildman–Crippen LogP) is 1.86. The summed E-state index contributed by atoms with van der Waals surface area (Å²) >= 11 is 6.46. The van der Waals surface area contributed by atoms with E-state index in [0.29, 0.717) is 24.0 Å². The van der Waals surface area contributed by atoms with Crippen molar-refractivity contribution in [3.8, 4) is 0 Å². The molecule has 0 aromatic carbocycles. The lowest BCUT2D eigenvalue weighted by Gasteiger charge is -2.43. The summed E-state index contributed by atoms with van der Waals surface area (Å²) in [6.07, 6.45) is 11.7. The van der Waals surface area contributed by atoms with Crippen molar-refractivity contribution in [2.24, 2.45) is 17.8 Å². The Hall–Kier alpha value is -0.480. The highest BCUT2D eigenvalue weighted by Gasteiger charge is 2.41. The fourth-order valence-corrected chi connectivity index (χ4v) is 7.85. The van der Waals surface area contributed by atoms with Crippen molar-refractivity contribution in [1.29, 1.82) is 0 Å². The molecule has 1 amide bonds. The molecule has 8 nitrogen and oxygen atoms in total. The van der Waals surface area contributed by atoms with E-state index in [1.54, 1.807) is 0 Å². The van der Waals surface area contributed by atoms with Crippen LogP contribution in [-0.4, -0.2) is 79.0 Å². The fourth-order valence-electron chi connectivity index (χ4n) is 7.49. The van der Waals surface area contributed by atoms with Gasteiger partial charge in [0.1, 0.15) is 6.29 Å². The number of amides is 1. The molecule has 5 aliphatic rings. The first-order valence-corrected chi connectivity index (χ1v) is 15.3. The predicted molar refractivity (Wildman–Crippen MR) is 145 cm³/mol. The SMILES string of the molecule is CC1CCC(NC(=O)C2CNN(C3CCCC(Cl)C3)C2C)CC1NC1NCCC(C2CCCNC2)N1. The van der Waals surface area contributed by atoms with Gasteiger partial charge in [-0.1, -0.05) is 13.3 Å². The Kier molecular flexibility index (Phi) is 9.47. The molecule has 2 aliphatic carbocycles. The number of halogens is 1. The van der Waals surface area contributed by atoms with Gasteiger partial charge in [-0.3, -0.25) is 26.2 Å². The van der Waals surface area contributed by atoms with Gasteiger partial charge in [0.2, 0.25) is 5.91 Å². The van der Waals surface area contributed by atoms with Crippen molar-refractivity contribution >= 4 is 17.5 Å². The van der Waals surface area contributed by atoms with Gasteiger partial charge < -0.3 is 10.6 Å². The van der Waals surface area contributed by atoms with Gasteiger partial charge >= 0.3 is 0 Å². The van der Waals surface area contributed by atoms with Crippen molar-refractivity contribution in [3.63, 3.8) is 0 Å². The first-order chi connectivity index (χ1) is 17.5. The summed E-state index contributed by atoms with van der Waals surface area (Å²) in [5, 5.41) is 21.0. The number of nitrogens with one attached hydrogen (secondary N) is 6. The van der Waals surface area contributed by atoms with E-state index in [1.807, 2.05) is 0 Å². The quantitative estimate of drug-likeness (QED) is 0.296. The second-order valence-corrected chi connectivity index (χ2v) is 13.0. The highest BCUT2D eigenvalue weighted by atomic mass is 35.5. The molecule has 6 N–H and O–H groups in total. The average Bonchev–Trinajstić information content (AvgIpc) is 3.28. The number of piperidine rings is 1. The molecule has 3 aliphatic heterocycles. The Balaban J connectivity index is 1.10. The number of hydrogen-bond donors (Lipinski definition) is 6. The van der Waals surface area contributed by atoms with Crippen LogP contribution in [0.1, 0.15) is 78.1 Å². The van der Waals surface area contributed by atoms with Crippen LogP contribution in [0, 0.1) is 17.8 Å². The molecule has 5 rings (SSSR count). The number of hydrazine groups is 1. The Morgan fingerprint density at radius 3 is 2.67 bits per heavy atom. The normalized spacial score (nSPS) is 44.9. The summed E-state index contributed by atoms with van der Waals surface area (Å²) in [5.74, 6) is 1.55. The van der Waals surface area contributed by atoms with Crippen LogP contribution in [0.15, 0.2) is 0 Å². The van der Waals surface area contributed by atoms with Gasteiger partial charge in [-0.2, -0.15) is 0 Å². The molecular weight excluding hydrogens is 474 g/mol. The maximum absolute atomic E-state index is 13.4. The summed E-state index contributed by atoms with van der Waals surface area (Å²) in [6.45, 7) is 8.65. The average molecular weight is 524 g/mol. The van der Waals surface area contributed by atoms with Crippen LogP contribution in [0.3, 0.4) is 0 Å². The van der Waals surface area contributed by atoms with E-state index in [9.17, 15) is 4.79 Å². The highest BCUT2D eigenvalue weighted by Crippen LogP contribution is 2.31. The second kappa shape index (κ2) is 12.6. The van der Waals surface area contributed by atoms with Crippen LogP contribution >= 0.6 is 11.6 Å². The molecule has 2 saturated carbocycles. The van der Waals surface area contributed by atoms with E-state index in [4.69, 9.17) is 11.6 Å². The molecule has 5 fully saturated rings. The molecule has 0 spiro atoms. The Labute approximate surface area is 223 Å². The lowest BCUT2D eigenvalue weighted by Crippen LogP contribution is -2.66. The standard InChI is InChI=1S/C27H50ClN7O/c1-17-8-9-21(14-25(17)34-27-30-12-10-24(33-27)19-5-4-11-29-15-19)32-26(36)23-16-31-35(18(23)2)22-7-3-6-20(28)13-22/h17-25,27,29-31,33-34H,3-16H2,1-2H3,(H,32,36). The smallest absolute Gasteiger partial charge is 0.226 e. The van der Waals surface area contributed by atoms with Crippen LogP contribution in [-0.2, 0) is 4.79 Å². The van der Waals surface area contributed by atoms with Crippen LogP contribution in [0.5, 0.6) is 0 Å². The van der Waals surface area contributed by atoms with Gasteiger partial charge in [-0.15, -0.1) is 11.6 Å². The number of alkyl halides is 1. The van der Waals surface area contributed by atoms with Crippen molar-refractivity contribution < 1.29 is 4.79 Å². The van der Waals surface area contributed by atoms with E-state index in [1.165, 1.54) is 32.1 Å². The van der Waals surface area contributed by atoms with Crippen molar-refractivity contribution in [1.82, 2.24) is 37.0 Å². The highest BCUT2D eigenvalue weighted by molar-refractivity contribution is 6.20. The van der Waals surface area contributed by atoms with Gasteiger partial charge in [0.25, 0.3) is 0 Å². The van der Waals surface area contributed by atoms with Crippen LogP contribution in [0.4, 0.5) is 0 Å². The van der Waals surface area contributed by atoms with Gasteiger partial charge in [-0.05, 0) is 96.2 Å². The van der Waals surface area contributed by atoms with Crippen LogP contribution in [0.25, 0.3) is 0 Å². The largest absolute Gasteiger partial charge is 0.353 e. The lowest BCUT2D eigenvalue weighted by atomic mass is 9.82. The zero-order valence-electron chi connectivity index (χ0n) is 22.4. The monoisotopic (exact) mass is 523 g/mol. The summed E-state index contributed by atoms with van der Waals surface area (Å²) < 4.78 is 0. The Bertz CT molecular complexity index is 722. The summed E-state index contributed by atoms with van der Waals surface area (Å²) in [4.78, 5) is 13.4. The van der Waals surface area contributed by atoms with E-state index < -0.39 is 0 Å². The minimum Gasteiger partial charge on any atom is -0.353 e. The molecule has 3 heterocycles. The van der Waals surface area contributed by atoms with E-state index >= 15 is 0 Å². The van der Waals surface area contributed by atoms with Gasteiger partial charge in [0.05, 0.1) is 5.92 Å². The zero-order valence-corrected chi connectivity index (χ0v) is 23.2. The molecule has 10 atom stereocenters. The second-order valence-electron chi connectivity index (χ2n) is 12.4. The first-order valence-electron chi connectivity index (χ1n) is 14.9. The van der Waals surface area contributed by atoms with E-state index in [-0.39, 0.29) is 35.6 Å². The third kappa shape index (κ3) is 6.56. The first kappa shape index (κ1) is 27.1. The van der Waals surface area contributed by atoms with Crippen molar-refractivity contribution in [2.45, 2.75) is 120 Å². The molecule has 206 valence electrons. The number of carbonyl (C=O) groups excluding carboxylic acids is 1. The Morgan fingerprint density at radius 2 is 1.86 bits per heavy atom. The zero-order chi connectivity index (χ0) is 25.1. The third-order valence-electron chi connectivity index (χ3n) is 9.84.